The molecule has 0 saturated carbocycles. The SMILES string of the molecule is C[C@H](C(=O)O)[C@@H](O[Si](C)(C)C)c1cccc(OC2CCCCO2)c1. The summed E-state index contributed by atoms with van der Waals surface area (Å²) in [5.74, 6) is -0.792. The highest BCUT2D eigenvalue weighted by Crippen LogP contribution is 2.32. The number of ether oxygens (including phenoxy) is 2. The fourth-order valence-electron chi connectivity index (χ4n) is 2.69. The van der Waals surface area contributed by atoms with Crippen LogP contribution in [0.25, 0.3) is 0 Å². The van der Waals surface area contributed by atoms with E-state index in [4.69, 9.17) is 13.9 Å². The lowest BCUT2D eigenvalue weighted by atomic mass is 9.97. The van der Waals surface area contributed by atoms with Crippen molar-refractivity contribution in [2.24, 2.45) is 5.92 Å². The predicted molar refractivity (Wildman–Crippen MR) is 94.6 cm³/mol. The highest BCUT2D eigenvalue weighted by Gasteiger charge is 2.31. The average Bonchev–Trinajstić information content (AvgIpc) is 2.52. The Balaban J connectivity index is 2.19. The molecule has 1 N–H and O–H groups in total. The zero-order chi connectivity index (χ0) is 17.7. The number of aliphatic carboxylic acids is 1. The number of benzene rings is 1. The zero-order valence-corrected chi connectivity index (χ0v) is 16.0. The molecule has 0 spiro atoms. The Morgan fingerprint density at radius 3 is 2.67 bits per heavy atom. The topological polar surface area (TPSA) is 65.0 Å². The van der Waals surface area contributed by atoms with Gasteiger partial charge in [0.15, 0.2) is 14.6 Å². The number of carboxylic acids is 1. The van der Waals surface area contributed by atoms with Gasteiger partial charge in [-0.1, -0.05) is 12.1 Å². The fraction of sp³-hybridized carbons (Fsp3) is 0.611. The van der Waals surface area contributed by atoms with E-state index in [1.807, 2.05) is 24.3 Å². The molecule has 0 amide bonds. The Morgan fingerprint density at radius 2 is 2.08 bits per heavy atom. The molecule has 1 saturated heterocycles. The first kappa shape index (κ1) is 19.0. The van der Waals surface area contributed by atoms with Crippen LogP contribution in [-0.2, 0) is 14.0 Å². The summed E-state index contributed by atoms with van der Waals surface area (Å²) < 4.78 is 17.7. The molecule has 6 heteroatoms. The third-order valence-electron chi connectivity index (χ3n) is 3.92. The van der Waals surface area contributed by atoms with E-state index in [0.29, 0.717) is 5.75 Å². The molecule has 1 unspecified atom stereocenters. The molecular weight excluding hydrogens is 324 g/mol. The summed E-state index contributed by atoms with van der Waals surface area (Å²) in [7, 11) is -1.90. The number of carbonyl (C=O) groups is 1. The Hall–Kier alpha value is -1.37. The van der Waals surface area contributed by atoms with Gasteiger partial charge in [0.2, 0.25) is 0 Å². The van der Waals surface area contributed by atoms with E-state index in [9.17, 15) is 9.90 Å². The Bertz CT molecular complexity index is 549. The van der Waals surface area contributed by atoms with Crippen LogP contribution < -0.4 is 4.74 Å². The number of hydrogen-bond acceptors (Lipinski definition) is 4. The third-order valence-corrected chi connectivity index (χ3v) is 4.88. The van der Waals surface area contributed by atoms with Crippen LogP contribution in [0, 0.1) is 5.92 Å². The predicted octanol–water partition coefficient (Wildman–Crippen LogP) is 4.21. The van der Waals surface area contributed by atoms with E-state index in [1.165, 1.54) is 0 Å². The lowest BCUT2D eigenvalue weighted by Gasteiger charge is -2.30. The van der Waals surface area contributed by atoms with Crippen molar-refractivity contribution in [2.75, 3.05) is 6.61 Å². The molecule has 0 bridgehead atoms. The van der Waals surface area contributed by atoms with Crippen LogP contribution in [0.2, 0.25) is 19.6 Å². The molecule has 134 valence electrons. The van der Waals surface area contributed by atoms with Crippen LogP contribution in [0.1, 0.15) is 37.9 Å². The van der Waals surface area contributed by atoms with Gasteiger partial charge in [0.05, 0.1) is 18.6 Å². The zero-order valence-electron chi connectivity index (χ0n) is 15.0. The summed E-state index contributed by atoms with van der Waals surface area (Å²) in [4.78, 5) is 11.5. The van der Waals surface area contributed by atoms with Gasteiger partial charge in [-0.25, -0.2) is 0 Å². The lowest BCUT2D eigenvalue weighted by molar-refractivity contribution is -0.144. The molecular formula is C18H28O5Si. The number of hydrogen-bond donors (Lipinski definition) is 1. The molecule has 5 nitrogen and oxygen atoms in total. The maximum Gasteiger partial charge on any atom is 0.309 e. The van der Waals surface area contributed by atoms with Crippen molar-refractivity contribution >= 4 is 14.3 Å². The Morgan fingerprint density at radius 1 is 1.33 bits per heavy atom. The van der Waals surface area contributed by atoms with Crippen molar-refractivity contribution in [3.05, 3.63) is 29.8 Å². The number of rotatable bonds is 7. The van der Waals surface area contributed by atoms with E-state index >= 15 is 0 Å². The second kappa shape index (κ2) is 8.14. The van der Waals surface area contributed by atoms with Gasteiger partial charge in [-0.3, -0.25) is 4.79 Å². The lowest BCUT2D eigenvalue weighted by Crippen LogP contribution is -2.33. The van der Waals surface area contributed by atoms with Gasteiger partial charge in [0, 0.05) is 6.42 Å². The first-order chi connectivity index (χ1) is 11.3. The van der Waals surface area contributed by atoms with Crippen LogP contribution in [0.15, 0.2) is 24.3 Å². The quantitative estimate of drug-likeness (QED) is 0.745. The minimum absolute atomic E-state index is 0.220. The summed E-state index contributed by atoms with van der Waals surface area (Å²) in [5.41, 5.74) is 0.834. The first-order valence-electron chi connectivity index (χ1n) is 8.55. The van der Waals surface area contributed by atoms with Crippen LogP contribution in [0.5, 0.6) is 5.75 Å². The molecule has 1 aliphatic rings. The second-order valence-electron chi connectivity index (χ2n) is 7.26. The summed E-state index contributed by atoms with van der Waals surface area (Å²) in [6, 6.07) is 7.53. The van der Waals surface area contributed by atoms with Gasteiger partial charge < -0.3 is 19.0 Å². The third kappa shape index (κ3) is 5.61. The maximum atomic E-state index is 11.5. The van der Waals surface area contributed by atoms with E-state index in [2.05, 4.69) is 19.6 Å². The summed E-state index contributed by atoms with van der Waals surface area (Å²) in [5, 5.41) is 9.43. The van der Waals surface area contributed by atoms with Crippen LogP contribution in [0.3, 0.4) is 0 Å². The molecule has 0 radical (unpaired) electrons. The molecule has 1 aliphatic heterocycles. The van der Waals surface area contributed by atoms with E-state index in [1.54, 1.807) is 6.92 Å². The van der Waals surface area contributed by atoms with Crippen LogP contribution >= 0.6 is 0 Å². The second-order valence-corrected chi connectivity index (χ2v) is 11.7. The Labute approximate surface area is 145 Å². The van der Waals surface area contributed by atoms with Gasteiger partial charge in [-0.05, 0) is 57.1 Å². The van der Waals surface area contributed by atoms with Crippen molar-refractivity contribution in [3.63, 3.8) is 0 Å². The largest absolute Gasteiger partial charge is 0.481 e. The van der Waals surface area contributed by atoms with E-state index in [0.717, 1.165) is 31.4 Å². The van der Waals surface area contributed by atoms with Crippen LogP contribution in [-0.4, -0.2) is 32.3 Å². The van der Waals surface area contributed by atoms with E-state index in [-0.39, 0.29) is 6.29 Å². The molecule has 0 aromatic heterocycles. The molecule has 1 heterocycles. The highest BCUT2D eigenvalue weighted by molar-refractivity contribution is 6.69. The van der Waals surface area contributed by atoms with Crippen molar-refractivity contribution in [3.8, 4) is 5.75 Å². The van der Waals surface area contributed by atoms with Gasteiger partial charge in [0.1, 0.15) is 5.75 Å². The molecule has 3 atom stereocenters. The summed E-state index contributed by atoms with van der Waals surface area (Å²) in [6.07, 6.45) is 2.35. The normalized spacial score (nSPS) is 21.1. The van der Waals surface area contributed by atoms with Gasteiger partial charge in [-0.2, -0.15) is 0 Å². The molecule has 0 aliphatic carbocycles. The molecule has 2 rings (SSSR count). The van der Waals surface area contributed by atoms with Crippen molar-refractivity contribution in [1.29, 1.82) is 0 Å². The minimum atomic E-state index is -1.90. The van der Waals surface area contributed by atoms with Crippen molar-refractivity contribution in [2.45, 2.75) is 58.2 Å². The van der Waals surface area contributed by atoms with E-state index < -0.39 is 26.3 Å². The number of carboxylic acid groups (broad SMARTS) is 1. The van der Waals surface area contributed by atoms with Gasteiger partial charge in [0.25, 0.3) is 0 Å². The van der Waals surface area contributed by atoms with Gasteiger partial charge >= 0.3 is 5.97 Å². The standard InChI is InChI=1S/C18H28O5Si/c1-13(18(19)20)17(23-24(2,3)4)14-8-7-9-15(12-14)22-16-10-5-6-11-21-16/h7-9,12-13,16-17H,5-6,10-11H2,1-4H3,(H,19,20)/t13-,16?,17+/m0/s1. The van der Waals surface area contributed by atoms with Crippen molar-refractivity contribution in [1.82, 2.24) is 0 Å². The van der Waals surface area contributed by atoms with Crippen LogP contribution in [0.4, 0.5) is 0 Å². The average molecular weight is 353 g/mol. The molecule has 24 heavy (non-hydrogen) atoms. The van der Waals surface area contributed by atoms with Crippen molar-refractivity contribution < 1.29 is 23.8 Å². The first-order valence-corrected chi connectivity index (χ1v) is 12.0. The molecule has 1 aromatic rings. The minimum Gasteiger partial charge on any atom is -0.481 e. The highest BCUT2D eigenvalue weighted by atomic mass is 28.4. The summed E-state index contributed by atoms with van der Waals surface area (Å²) in [6.45, 7) is 8.59. The Kier molecular flexibility index (Phi) is 6.43. The smallest absolute Gasteiger partial charge is 0.309 e. The monoisotopic (exact) mass is 352 g/mol. The maximum absolute atomic E-state index is 11.5. The molecule has 1 fully saturated rings. The molecule has 1 aromatic carbocycles. The van der Waals surface area contributed by atoms with Gasteiger partial charge in [-0.15, -0.1) is 0 Å². The fourth-order valence-corrected chi connectivity index (χ4v) is 3.79. The summed E-state index contributed by atoms with van der Waals surface area (Å²) >= 11 is 0.